The summed E-state index contributed by atoms with van der Waals surface area (Å²) >= 11 is 0. The number of ether oxygens (including phenoxy) is 1. The standard InChI is InChI=1S/C22H27NO3/c1-12-13(2)15(4)19(16(5)14(12)3)20(23)17-8-10-18(11-9-17)26-22(6,7)21(24)25/h8-11,23H,1-7H3,(H,24,25). The molecule has 0 bridgehead atoms. The van der Waals surface area contributed by atoms with Gasteiger partial charge in [0.25, 0.3) is 0 Å². The van der Waals surface area contributed by atoms with Gasteiger partial charge in [-0.1, -0.05) is 0 Å². The van der Waals surface area contributed by atoms with Crippen LogP contribution >= 0.6 is 0 Å². The Morgan fingerprint density at radius 2 is 1.31 bits per heavy atom. The molecule has 0 saturated carbocycles. The van der Waals surface area contributed by atoms with Crippen molar-refractivity contribution in [2.75, 3.05) is 0 Å². The minimum Gasteiger partial charge on any atom is -0.478 e. The molecule has 0 fully saturated rings. The molecule has 0 radical (unpaired) electrons. The number of carbonyl (C=O) groups is 1. The van der Waals surface area contributed by atoms with Crippen molar-refractivity contribution < 1.29 is 14.6 Å². The lowest BCUT2D eigenvalue weighted by Gasteiger charge is -2.22. The summed E-state index contributed by atoms with van der Waals surface area (Å²) < 4.78 is 5.54. The molecule has 0 heterocycles. The molecule has 26 heavy (non-hydrogen) atoms. The van der Waals surface area contributed by atoms with E-state index in [0.717, 1.165) is 22.3 Å². The molecular formula is C22H27NO3. The summed E-state index contributed by atoms with van der Waals surface area (Å²) in [6.07, 6.45) is 0. The summed E-state index contributed by atoms with van der Waals surface area (Å²) in [5, 5.41) is 17.9. The van der Waals surface area contributed by atoms with Crippen molar-refractivity contribution in [2.45, 2.75) is 54.1 Å². The van der Waals surface area contributed by atoms with Gasteiger partial charge in [-0.25, -0.2) is 4.79 Å². The predicted molar refractivity (Wildman–Crippen MR) is 105 cm³/mol. The van der Waals surface area contributed by atoms with E-state index >= 15 is 0 Å². The van der Waals surface area contributed by atoms with Crippen molar-refractivity contribution in [3.05, 3.63) is 63.2 Å². The molecule has 0 atom stereocenters. The Labute approximate surface area is 155 Å². The minimum atomic E-state index is -1.30. The summed E-state index contributed by atoms with van der Waals surface area (Å²) in [6.45, 7) is 13.5. The van der Waals surface area contributed by atoms with Crippen LogP contribution in [0, 0.1) is 40.0 Å². The molecule has 0 saturated heterocycles. The first kappa shape index (κ1) is 19.7. The largest absolute Gasteiger partial charge is 0.478 e. The quantitative estimate of drug-likeness (QED) is 0.752. The molecule has 0 aromatic heterocycles. The molecular weight excluding hydrogens is 326 g/mol. The molecule has 0 spiro atoms. The molecule has 0 aliphatic heterocycles. The Hall–Kier alpha value is -2.62. The molecule has 0 unspecified atom stereocenters. The van der Waals surface area contributed by atoms with Gasteiger partial charge in [0, 0.05) is 11.1 Å². The first-order valence-corrected chi connectivity index (χ1v) is 8.66. The van der Waals surface area contributed by atoms with Crippen molar-refractivity contribution >= 4 is 11.7 Å². The zero-order valence-electron chi connectivity index (χ0n) is 16.6. The highest BCUT2D eigenvalue weighted by atomic mass is 16.5. The highest BCUT2D eigenvalue weighted by molar-refractivity contribution is 6.13. The summed E-state index contributed by atoms with van der Waals surface area (Å²) in [7, 11) is 0. The number of aliphatic carboxylic acids is 1. The number of hydrogen-bond acceptors (Lipinski definition) is 3. The molecule has 4 heteroatoms. The zero-order valence-corrected chi connectivity index (χ0v) is 16.6. The predicted octanol–water partition coefficient (Wildman–Crippen LogP) is 4.89. The Bertz CT molecular complexity index is 848. The van der Waals surface area contributed by atoms with E-state index < -0.39 is 11.6 Å². The molecule has 0 amide bonds. The first-order valence-electron chi connectivity index (χ1n) is 8.66. The number of benzene rings is 2. The van der Waals surface area contributed by atoms with Gasteiger partial charge in [0.2, 0.25) is 0 Å². The summed E-state index contributed by atoms with van der Waals surface area (Å²) in [4.78, 5) is 11.2. The smallest absolute Gasteiger partial charge is 0.347 e. The van der Waals surface area contributed by atoms with Crippen LogP contribution in [0.3, 0.4) is 0 Å². The SMILES string of the molecule is Cc1c(C)c(C)c(C(=N)c2ccc(OC(C)(C)C(=O)O)cc2)c(C)c1C. The second-order valence-electron chi connectivity index (χ2n) is 7.32. The van der Waals surface area contributed by atoms with E-state index in [1.807, 2.05) is 0 Å². The Kier molecular flexibility index (Phi) is 5.26. The third kappa shape index (κ3) is 3.50. The number of hydrogen-bond donors (Lipinski definition) is 2. The minimum absolute atomic E-state index is 0.468. The summed E-state index contributed by atoms with van der Waals surface area (Å²) in [5.74, 6) is -0.551. The van der Waals surface area contributed by atoms with Gasteiger partial charge in [-0.3, -0.25) is 5.41 Å². The van der Waals surface area contributed by atoms with Crippen LogP contribution in [0.15, 0.2) is 24.3 Å². The Morgan fingerprint density at radius 1 is 0.885 bits per heavy atom. The average Bonchev–Trinajstić information content (AvgIpc) is 2.58. The zero-order chi connectivity index (χ0) is 19.8. The Balaban J connectivity index is 2.39. The highest BCUT2D eigenvalue weighted by Crippen LogP contribution is 2.28. The van der Waals surface area contributed by atoms with Gasteiger partial charge in [-0.05, 0) is 101 Å². The van der Waals surface area contributed by atoms with Gasteiger partial charge in [0.15, 0.2) is 5.60 Å². The van der Waals surface area contributed by atoms with Crippen molar-refractivity contribution in [1.29, 1.82) is 5.41 Å². The number of nitrogens with one attached hydrogen (secondary N) is 1. The fourth-order valence-corrected chi connectivity index (χ4v) is 3.05. The van der Waals surface area contributed by atoms with E-state index in [0.29, 0.717) is 11.5 Å². The van der Waals surface area contributed by atoms with Gasteiger partial charge in [-0.2, -0.15) is 0 Å². The van der Waals surface area contributed by atoms with Crippen LogP contribution < -0.4 is 4.74 Å². The van der Waals surface area contributed by atoms with Gasteiger partial charge in [-0.15, -0.1) is 0 Å². The van der Waals surface area contributed by atoms with E-state index in [1.165, 1.54) is 30.5 Å². The van der Waals surface area contributed by atoms with Crippen molar-refractivity contribution in [2.24, 2.45) is 0 Å². The second kappa shape index (κ2) is 6.94. The molecule has 0 aliphatic rings. The third-order valence-corrected chi connectivity index (χ3v) is 5.28. The summed E-state index contributed by atoms with van der Waals surface area (Å²) in [6, 6.07) is 7.04. The van der Waals surface area contributed by atoms with Crippen LogP contribution in [0.1, 0.15) is 52.8 Å². The molecule has 2 aromatic carbocycles. The molecule has 2 N–H and O–H groups in total. The molecule has 2 rings (SSSR count). The first-order chi connectivity index (χ1) is 12.0. The van der Waals surface area contributed by atoms with Crippen LogP contribution in [0.4, 0.5) is 0 Å². The van der Waals surface area contributed by atoms with E-state index in [9.17, 15) is 9.90 Å². The van der Waals surface area contributed by atoms with Crippen LogP contribution in [-0.2, 0) is 4.79 Å². The van der Waals surface area contributed by atoms with Gasteiger partial charge in [0.05, 0.1) is 5.71 Å². The van der Waals surface area contributed by atoms with E-state index in [4.69, 9.17) is 10.1 Å². The second-order valence-corrected chi connectivity index (χ2v) is 7.32. The maximum absolute atomic E-state index is 11.2. The molecule has 2 aromatic rings. The van der Waals surface area contributed by atoms with E-state index in [1.54, 1.807) is 24.3 Å². The third-order valence-electron chi connectivity index (χ3n) is 5.28. The van der Waals surface area contributed by atoms with Crippen LogP contribution in [0.2, 0.25) is 0 Å². The van der Waals surface area contributed by atoms with Crippen LogP contribution in [0.5, 0.6) is 5.75 Å². The van der Waals surface area contributed by atoms with Gasteiger partial charge in [0.1, 0.15) is 5.75 Å². The topological polar surface area (TPSA) is 70.4 Å². The van der Waals surface area contributed by atoms with Crippen molar-refractivity contribution in [3.8, 4) is 5.75 Å². The average molecular weight is 353 g/mol. The monoisotopic (exact) mass is 353 g/mol. The maximum atomic E-state index is 11.2. The number of rotatable bonds is 5. The van der Waals surface area contributed by atoms with Gasteiger partial charge >= 0.3 is 5.97 Å². The fourth-order valence-electron chi connectivity index (χ4n) is 3.05. The lowest BCUT2D eigenvalue weighted by molar-refractivity contribution is -0.152. The normalized spacial score (nSPS) is 11.3. The summed E-state index contributed by atoms with van der Waals surface area (Å²) in [5.41, 5.74) is 6.88. The molecule has 0 aliphatic carbocycles. The van der Waals surface area contributed by atoms with E-state index in [-0.39, 0.29) is 0 Å². The number of carboxylic acid groups (broad SMARTS) is 1. The molecule has 138 valence electrons. The lowest BCUT2D eigenvalue weighted by Crippen LogP contribution is -2.37. The van der Waals surface area contributed by atoms with E-state index in [2.05, 4.69) is 34.6 Å². The van der Waals surface area contributed by atoms with Crippen molar-refractivity contribution in [1.82, 2.24) is 0 Å². The van der Waals surface area contributed by atoms with Crippen LogP contribution in [-0.4, -0.2) is 22.4 Å². The van der Waals surface area contributed by atoms with Gasteiger partial charge < -0.3 is 9.84 Å². The maximum Gasteiger partial charge on any atom is 0.347 e. The van der Waals surface area contributed by atoms with Crippen LogP contribution in [0.25, 0.3) is 0 Å². The molecule has 4 nitrogen and oxygen atoms in total. The Morgan fingerprint density at radius 3 is 1.73 bits per heavy atom. The van der Waals surface area contributed by atoms with Crippen molar-refractivity contribution in [3.63, 3.8) is 0 Å². The number of carboxylic acids is 1. The highest BCUT2D eigenvalue weighted by Gasteiger charge is 2.29. The fraction of sp³-hybridized carbons (Fsp3) is 0.364. The lowest BCUT2D eigenvalue weighted by atomic mass is 9.86.